The lowest BCUT2D eigenvalue weighted by molar-refractivity contribution is 0.00578. The molecular formula is C11H16BFN2O2. The van der Waals surface area contributed by atoms with Crippen molar-refractivity contribution in [1.29, 1.82) is 0 Å². The van der Waals surface area contributed by atoms with Gasteiger partial charge in [-0.1, -0.05) is 0 Å². The molecule has 2 rings (SSSR count). The monoisotopic (exact) mass is 238 g/mol. The Morgan fingerprint density at radius 2 is 1.76 bits per heavy atom. The minimum atomic E-state index is -0.745. The summed E-state index contributed by atoms with van der Waals surface area (Å²) >= 11 is 0. The van der Waals surface area contributed by atoms with E-state index in [0.29, 0.717) is 0 Å². The molecule has 0 unspecified atom stereocenters. The first-order valence-corrected chi connectivity index (χ1v) is 5.49. The highest BCUT2D eigenvalue weighted by Gasteiger charge is 2.52. The largest absolute Gasteiger partial charge is 0.498 e. The standard InChI is InChI=1S/C11H16BFN2O2/c1-10(2)11(3,4)17-12(16-10)7-5-9(14)15-6-8(7)13/h5-6H,1-4H3,(H2,14,15). The molecule has 17 heavy (non-hydrogen) atoms. The highest BCUT2D eigenvalue weighted by atomic mass is 19.1. The third-order valence-electron chi connectivity index (χ3n) is 3.41. The molecule has 4 nitrogen and oxygen atoms in total. The molecule has 0 atom stereocenters. The molecule has 0 saturated carbocycles. The van der Waals surface area contributed by atoms with Crippen molar-refractivity contribution in [2.75, 3.05) is 5.73 Å². The Kier molecular flexibility index (Phi) is 2.67. The SMILES string of the molecule is CC1(C)OB(c2cc(N)ncc2F)OC1(C)C. The lowest BCUT2D eigenvalue weighted by Gasteiger charge is -2.32. The molecule has 0 aliphatic carbocycles. The van der Waals surface area contributed by atoms with Crippen LogP contribution in [0.2, 0.25) is 0 Å². The van der Waals surface area contributed by atoms with Gasteiger partial charge in [0.1, 0.15) is 11.6 Å². The first-order valence-electron chi connectivity index (χ1n) is 5.49. The number of hydrogen-bond acceptors (Lipinski definition) is 4. The summed E-state index contributed by atoms with van der Waals surface area (Å²) in [6.45, 7) is 7.65. The summed E-state index contributed by atoms with van der Waals surface area (Å²) in [5.74, 6) is -0.228. The molecule has 1 aromatic heterocycles. The molecule has 2 heterocycles. The molecule has 6 heteroatoms. The van der Waals surface area contributed by atoms with E-state index in [1.54, 1.807) is 0 Å². The number of nitrogen functional groups attached to an aromatic ring is 1. The third-order valence-corrected chi connectivity index (χ3v) is 3.41. The smallest absolute Gasteiger partial charge is 0.399 e. The van der Waals surface area contributed by atoms with Crippen LogP contribution in [-0.2, 0) is 9.31 Å². The quantitative estimate of drug-likeness (QED) is 0.744. The highest BCUT2D eigenvalue weighted by molar-refractivity contribution is 6.62. The maximum absolute atomic E-state index is 13.6. The molecule has 0 bridgehead atoms. The molecule has 1 saturated heterocycles. The first kappa shape index (κ1) is 12.3. The van der Waals surface area contributed by atoms with E-state index in [9.17, 15) is 4.39 Å². The van der Waals surface area contributed by atoms with Crippen LogP contribution in [0.25, 0.3) is 0 Å². The van der Waals surface area contributed by atoms with Crippen LogP contribution in [0.1, 0.15) is 27.7 Å². The third kappa shape index (κ3) is 2.02. The number of anilines is 1. The number of aromatic nitrogens is 1. The number of halogens is 1. The van der Waals surface area contributed by atoms with Crippen molar-refractivity contribution in [1.82, 2.24) is 4.98 Å². The van der Waals surface area contributed by atoms with Gasteiger partial charge in [-0.3, -0.25) is 0 Å². The molecule has 0 aromatic carbocycles. The number of hydrogen-bond donors (Lipinski definition) is 1. The second-order valence-electron chi connectivity index (χ2n) is 5.22. The topological polar surface area (TPSA) is 57.4 Å². The van der Waals surface area contributed by atoms with Gasteiger partial charge in [0.15, 0.2) is 0 Å². The van der Waals surface area contributed by atoms with Gasteiger partial charge >= 0.3 is 7.12 Å². The molecule has 1 aromatic rings. The zero-order valence-corrected chi connectivity index (χ0v) is 10.5. The summed E-state index contributed by atoms with van der Waals surface area (Å²) in [5, 5.41) is 0. The van der Waals surface area contributed by atoms with Crippen LogP contribution in [0, 0.1) is 5.82 Å². The number of pyridine rings is 1. The van der Waals surface area contributed by atoms with Crippen LogP contribution in [0.3, 0.4) is 0 Å². The fraction of sp³-hybridized carbons (Fsp3) is 0.545. The van der Waals surface area contributed by atoms with Gasteiger partial charge in [-0.25, -0.2) is 9.37 Å². The predicted octanol–water partition coefficient (Wildman–Crippen LogP) is 1.10. The van der Waals surface area contributed by atoms with Gasteiger partial charge in [-0.05, 0) is 33.8 Å². The molecule has 1 aliphatic heterocycles. The minimum absolute atomic E-state index is 0.246. The van der Waals surface area contributed by atoms with Crippen molar-refractivity contribution in [3.05, 3.63) is 18.1 Å². The zero-order chi connectivity index (χ0) is 12.8. The van der Waals surface area contributed by atoms with E-state index in [1.165, 1.54) is 6.07 Å². The average molecular weight is 238 g/mol. The van der Waals surface area contributed by atoms with Gasteiger partial charge in [0.25, 0.3) is 0 Å². The Labute approximate surface area is 100 Å². The second kappa shape index (κ2) is 3.68. The van der Waals surface area contributed by atoms with Crippen molar-refractivity contribution in [2.45, 2.75) is 38.9 Å². The van der Waals surface area contributed by atoms with Crippen molar-refractivity contribution < 1.29 is 13.7 Å². The average Bonchev–Trinajstić information content (AvgIpc) is 2.40. The molecule has 0 amide bonds. The van der Waals surface area contributed by atoms with Gasteiger partial charge in [0.05, 0.1) is 17.4 Å². The lowest BCUT2D eigenvalue weighted by atomic mass is 9.79. The molecule has 0 spiro atoms. The minimum Gasteiger partial charge on any atom is -0.399 e. The van der Waals surface area contributed by atoms with E-state index in [2.05, 4.69) is 4.98 Å². The van der Waals surface area contributed by atoms with Crippen LogP contribution >= 0.6 is 0 Å². The van der Waals surface area contributed by atoms with Gasteiger partial charge in [0.2, 0.25) is 0 Å². The van der Waals surface area contributed by atoms with Crippen LogP contribution in [0.15, 0.2) is 12.3 Å². The van der Waals surface area contributed by atoms with E-state index in [0.717, 1.165) is 6.20 Å². The van der Waals surface area contributed by atoms with Crippen molar-refractivity contribution in [2.24, 2.45) is 0 Å². The Balaban J connectivity index is 2.35. The van der Waals surface area contributed by atoms with Crippen molar-refractivity contribution >= 4 is 18.4 Å². The lowest BCUT2D eigenvalue weighted by Crippen LogP contribution is -2.41. The van der Waals surface area contributed by atoms with Crippen LogP contribution in [-0.4, -0.2) is 23.3 Å². The summed E-state index contributed by atoms with van der Waals surface area (Å²) in [4.78, 5) is 3.68. The first-order chi connectivity index (χ1) is 7.73. The summed E-state index contributed by atoms with van der Waals surface area (Å²) in [5.41, 5.74) is 4.83. The Morgan fingerprint density at radius 3 is 2.29 bits per heavy atom. The van der Waals surface area contributed by atoms with Gasteiger partial charge < -0.3 is 15.0 Å². The van der Waals surface area contributed by atoms with E-state index in [-0.39, 0.29) is 11.3 Å². The summed E-state index contributed by atoms with van der Waals surface area (Å²) in [6.07, 6.45) is 1.08. The molecule has 1 fully saturated rings. The van der Waals surface area contributed by atoms with Gasteiger partial charge in [-0.15, -0.1) is 0 Å². The van der Waals surface area contributed by atoms with E-state index in [1.807, 2.05) is 27.7 Å². The summed E-state index contributed by atoms with van der Waals surface area (Å²) in [7, 11) is -0.745. The van der Waals surface area contributed by atoms with Gasteiger partial charge in [-0.2, -0.15) is 0 Å². The zero-order valence-electron chi connectivity index (χ0n) is 10.5. The molecular weight excluding hydrogens is 222 g/mol. The van der Waals surface area contributed by atoms with E-state index < -0.39 is 24.1 Å². The highest BCUT2D eigenvalue weighted by Crippen LogP contribution is 2.36. The fourth-order valence-corrected chi connectivity index (χ4v) is 1.62. The summed E-state index contributed by atoms with van der Waals surface area (Å²) in [6, 6.07) is 1.44. The molecule has 1 aliphatic rings. The van der Waals surface area contributed by atoms with E-state index in [4.69, 9.17) is 15.0 Å². The molecule has 92 valence electrons. The van der Waals surface area contributed by atoms with Gasteiger partial charge in [0, 0.05) is 5.46 Å². The Hall–Kier alpha value is -1.14. The fourth-order valence-electron chi connectivity index (χ4n) is 1.62. The summed E-state index contributed by atoms with van der Waals surface area (Å²) < 4.78 is 25.1. The number of nitrogens with two attached hydrogens (primary N) is 1. The van der Waals surface area contributed by atoms with Crippen molar-refractivity contribution in [3.63, 3.8) is 0 Å². The predicted molar refractivity (Wildman–Crippen MR) is 64.3 cm³/mol. The number of rotatable bonds is 1. The molecule has 2 N–H and O–H groups in total. The maximum atomic E-state index is 13.6. The Bertz CT molecular complexity index is 435. The maximum Gasteiger partial charge on any atom is 0.498 e. The second-order valence-corrected chi connectivity index (χ2v) is 5.22. The van der Waals surface area contributed by atoms with Crippen LogP contribution in [0.5, 0.6) is 0 Å². The normalized spacial score (nSPS) is 21.8. The van der Waals surface area contributed by atoms with Crippen LogP contribution in [0.4, 0.5) is 10.2 Å². The number of nitrogens with zero attached hydrogens (tertiary/aromatic N) is 1. The van der Waals surface area contributed by atoms with E-state index >= 15 is 0 Å². The molecule has 0 radical (unpaired) electrons. The van der Waals surface area contributed by atoms with Crippen molar-refractivity contribution in [3.8, 4) is 0 Å². The van der Waals surface area contributed by atoms with Crippen LogP contribution < -0.4 is 11.2 Å². The Morgan fingerprint density at radius 1 is 1.24 bits per heavy atom.